The van der Waals surface area contributed by atoms with Crippen LogP contribution in [0.1, 0.15) is 52.9 Å². The maximum atomic E-state index is 12.1. The van der Waals surface area contributed by atoms with E-state index < -0.39 is 12.0 Å². The maximum absolute atomic E-state index is 12.1. The molecule has 5 nitrogen and oxygen atoms in total. The Kier molecular flexibility index (Phi) is 7.28. The first-order valence-electron chi connectivity index (χ1n) is 8.06. The summed E-state index contributed by atoms with van der Waals surface area (Å²) in [4.78, 5) is 35.2. The number of hydrogen-bond acceptors (Lipinski definition) is 3. The number of carboxylic acids is 1. The van der Waals surface area contributed by atoms with Gasteiger partial charge in [0.15, 0.2) is 0 Å². The normalized spacial score (nSPS) is 23.2. The molecule has 1 rings (SSSR count). The van der Waals surface area contributed by atoms with Gasteiger partial charge >= 0.3 is 5.97 Å². The predicted molar refractivity (Wildman–Crippen MR) is 84.3 cm³/mol. The molecule has 124 valence electrons. The van der Waals surface area contributed by atoms with Crippen molar-refractivity contribution in [2.75, 3.05) is 0 Å². The topological polar surface area (TPSA) is 83.5 Å². The van der Waals surface area contributed by atoms with Crippen molar-refractivity contribution in [3.63, 3.8) is 0 Å². The minimum atomic E-state index is -1.02. The molecule has 0 aliphatic heterocycles. The lowest BCUT2D eigenvalue weighted by Gasteiger charge is -2.21. The first-order chi connectivity index (χ1) is 10.4. The molecule has 0 spiro atoms. The molecular formula is C17H27NO4. The third-order valence-electron chi connectivity index (χ3n) is 4.23. The molecule has 1 amide bonds. The van der Waals surface area contributed by atoms with Crippen LogP contribution in [0, 0.1) is 17.8 Å². The number of allylic oxidation sites excluding steroid dienone is 2. The number of nitrogens with one attached hydrogen (secondary N) is 1. The fourth-order valence-corrected chi connectivity index (χ4v) is 2.94. The van der Waals surface area contributed by atoms with Crippen LogP contribution >= 0.6 is 0 Å². The van der Waals surface area contributed by atoms with Gasteiger partial charge in [-0.05, 0) is 31.1 Å². The standard InChI is InChI=1S/C17H27NO4/c1-4-5-6-7-13-12(8-9-14(13)19)10-15(20)18-16(11(2)3)17(21)22/h5-6,11-13,16H,4,7-10H2,1-3H3,(H,18,20)(H,21,22)/b6-5-/t12-,13-,16+/m1/s1. The highest BCUT2D eigenvalue weighted by atomic mass is 16.4. The van der Waals surface area contributed by atoms with Crippen molar-refractivity contribution in [3.8, 4) is 0 Å². The summed E-state index contributed by atoms with van der Waals surface area (Å²) >= 11 is 0. The highest BCUT2D eigenvalue weighted by Gasteiger charge is 2.35. The van der Waals surface area contributed by atoms with Crippen LogP contribution in [0.25, 0.3) is 0 Å². The molecule has 1 aliphatic rings. The third kappa shape index (κ3) is 5.28. The van der Waals surface area contributed by atoms with Crippen LogP contribution in [-0.4, -0.2) is 28.8 Å². The van der Waals surface area contributed by atoms with E-state index in [2.05, 4.69) is 5.32 Å². The number of amides is 1. The van der Waals surface area contributed by atoms with E-state index in [1.807, 2.05) is 19.1 Å². The molecule has 0 aromatic rings. The van der Waals surface area contributed by atoms with Gasteiger partial charge in [0, 0.05) is 18.8 Å². The van der Waals surface area contributed by atoms with Gasteiger partial charge in [-0.25, -0.2) is 4.79 Å². The summed E-state index contributed by atoms with van der Waals surface area (Å²) in [6.07, 6.45) is 7.12. The predicted octanol–water partition coefficient (Wildman–Crippen LogP) is 2.55. The van der Waals surface area contributed by atoms with Gasteiger partial charge in [0.25, 0.3) is 0 Å². The Morgan fingerprint density at radius 3 is 2.59 bits per heavy atom. The Hall–Kier alpha value is -1.65. The molecule has 0 aromatic carbocycles. The average Bonchev–Trinajstić information content (AvgIpc) is 2.77. The highest BCUT2D eigenvalue weighted by molar-refractivity contribution is 5.87. The molecule has 1 saturated carbocycles. The molecule has 2 N–H and O–H groups in total. The van der Waals surface area contributed by atoms with Crippen molar-refractivity contribution in [1.29, 1.82) is 0 Å². The molecule has 1 fully saturated rings. The number of rotatable bonds is 8. The summed E-state index contributed by atoms with van der Waals surface area (Å²) in [6, 6.07) is -0.872. The second-order valence-corrected chi connectivity index (χ2v) is 6.32. The second-order valence-electron chi connectivity index (χ2n) is 6.32. The maximum Gasteiger partial charge on any atom is 0.326 e. The van der Waals surface area contributed by atoms with E-state index in [9.17, 15) is 14.4 Å². The molecular weight excluding hydrogens is 282 g/mol. The Balaban J connectivity index is 2.60. The molecule has 0 unspecified atom stereocenters. The molecule has 0 bridgehead atoms. The second kappa shape index (κ2) is 8.71. The number of carbonyl (C=O) groups excluding carboxylic acids is 2. The van der Waals surface area contributed by atoms with Crippen LogP contribution in [0.5, 0.6) is 0 Å². The lowest BCUT2D eigenvalue weighted by atomic mass is 9.89. The van der Waals surface area contributed by atoms with Gasteiger partial charge in [-0.1, -0.05) is 32.9 Å². The van der Waals surface area contributed by atoms with E-state index in [1.54, 1.807) is 13.8 Å². The molecule has 0 aromatic heterocycles. The third-order valence-corrected chi connectivity index (χ3v) is 4.23. The fourth-order valence-electron chi connectivity index (χ4n) is 2.94. The number of carboxylic acid groups (broad SMARTS) is 1. The Morgan fingerprint density at radius 1 is 1.36 bits per heavy atom. The fraction of sp³-hybridized carbons (Fsp3) is 0.706. The van der Waals surface area contributed by atoms with E-state index in [4.69, 9.17) is 5.11 Å². The summed E-state index contributed by atoms with van der Waals surface area (Å²) in [7, 11) is 0. The van der Waals surface area contributed by atoms with Crippen molar-refractivity contribution in [2.24, 2.45) is 17.8 Å². The monoisotopic (exact) mass is 309 g/mol. The van der Waals surface area contributed by atoms with Gasteiger partial charge < -0.3 is 10.4 Å². The molecule has 1 aliphatic carbocycles. The lowest BCUT2D eigenvalue weighted by Crippen LogP contribution is -2.45. The number of ketones is 1. The molecule has 0 radical (unpaired) electrons. The van der Waals surface area contributed by atoms with Crippen LogP contribution < -0.4 is 5.32 Å². The number of aliphatic carboxylic acids is 1. The van der Waals surface area contributed by atoms with Crippen LogP contribution in [0.15, 0.2) is 12.2 Å². The first-order valence-corrected chi connectivity index (χ1v) is 8.06. The minimum Gasteiger partial charge on any atom is -0.480 e. The van der Waals surface area contributed by atoms with E-state index in [0.29, 0.717) is 12.8 Å². The van der Waals surface area contributed by atoms with Crippen molar-refractivity contribution < 1.29 is 19.5 Å². The molecule has 0 saturated heterocycles. The van der Waals surface area contributed by atoms with E-state index in [0.717, 1.165) is 12.8 Å². The summed E-state index contributed by atoms with van der Waals surface area (Å²) < 4.78 is 0. The van der Waals surface area contributed by atoms with E-state index in [-0.39, 0.29) is 35.9 Å². The molecule has 0 heterocycles. The van der Waals surface area contributed by atoms with Crippen molar-refractivity contribution in [3.05, 3.63) is 12.2 Å². The van der Waals surface area contributed by atoms with Gasteiger partial charge in [-0.2, -0.15) is 0 Å². The van der Waals surface area contributed by atoms with Gasteiger partial charge in [-0.15, -0.1) is 0 Å². The van der Waals surface area contributed by atoms with Crippen molar-refractivity contribution in [2.45, 2.75) is 58.9 Å². The lowest BCUT2D eigenvalue weighted by molar-refractivity contribution is -0.143. The van der Waals surface area contributed by atoms with Gasteiger partial charge in [0.1, 0.15) is 11.8 Å². The minimum absolute atomic E-state index is 0.0237. The summed E-state index contributed by atoms with van der Waals surface area (Å²) in [5, 5.41) is 11.7. The van der Waals surface area contributed by atoms with Gasteiger partial charge in [0.05, 0.1) is 0 Å². The summed E-state index contributed by atoms with van der Waals surface area (Å²) in [5.41, 5.74) is 0. The SMILES string of the molecule is CC/C=C\C[C@H]1C(=O)CC[C@@H]1CC(=O)N[C@H](C(=O)O)C(C)C. The molecule has 22 heavy (non-hydrogen) atoms. The van der Waals surface area contributed by atoms with Gasteiger partial charge in [-0.3, -0.25) is 9.59 Å². The van der Waals surface area contributed by atoms with Crippen molar-refractivity contribution in [1.82, 2.24) is 5.32 Å². The van der Waals surface area contributed by atoms with Gasteiger partial charge in [0.2, 0.25) is 5.91 Å². The quantitative estimate of drug-likeness (QED) is 0.675. The zero-order valence-electron chi connectivity index (χ0n) is 13.7. The first kappa shape index (κ1) is 18.4. The smallest absolute Gasteiger partial charge is 0.326 e. The number of Topliss-reactive ketones (excluding diaryl/α,β-unsaturated/α-hetero) is 1. The zero-order chi connectivity index (χ0) is 16.7. The van der Waals surface area contributed by atoms with Crippen LogP contribution in [0.4, 0.5) is 0 Å². The zero-order valence-corrected chi connectivity index (χ0v) is 13.7. The largest absolute Gasteiger partial charge is 0.480 e. The Morgan fingerprint density at radius 2 is 2.05 bits per heavy atom. The van der Waals surface area contributed by atoms with Crippen LogP contribution in [-0.2, 0) is 14.4 Å². The average molecular weight is 309 g/mol. The Labute approximate surface area is 132 Å². The molecule has 3 atom stereocenters. The van der Waals surface area contributed by atoms with E-state index in [1.165, 1.54) is 0 Å². The Bertz CT molecular complexity index is 442. The molecule has 5 heteroatoms. The number of carbonyl (C=O) groups is 3. The number of hydrogen-bond donors (Lipinski definition) is 2. The van der Waals surface area contributed by atoms with Crippen LogP contribution in [0.3, 0.4) is 0 Å². The van der Waals surface area contributed by atoms with E-state index >= 15 is 0 Å². The van der Waals surface area contributed by atoms with Crippen molar-refractivity contribution >= 4 is 17.7 Å². The summed E-state index contributed by atoms with van der Waals surface area (Å²) in [6.45, 7) is 5.56. The summed E-state index contributed by atoms with van der Waals surface area (Å²) in [5.74, 6) is -1.32. The van der Waals surface area contributed by atoms with Crippen LogP contribution in [0.2, 0.25) is 0 Å². The highest BCUT2D eigenvalue weighted by Crippen LogP contribution is 2.34.